The first-order chi connectivity index (χ1) is 16.8. The number of carbonyl (C=O) groups excluding carboxylic acids is 1. The van der Waals surface area contributed by atoms with Crippen LogP contribution in [0.3, 0.4) is 0 Å². The minimum absolute atomic E-state index is 0.0275. The van der Waals surface area contributed by atoms with E-state index in [-0.39, 0.29) is 29.1 Å². The Hall–Kier alpha value is -3.19. The lowest BCUT2D eigenvalue weighted by molar-refractivity contribution is -0.155. The van der Waals surface area contributed by atoms with Gasteiger partial charge in [-0.25, -0.2) is 4.39 Å². The second kappa shape index (κ2) is 8.19. The van der Waals surface area contributed by atoms with Crippen molar-refractivity contribution in [1.29, 1.82) is 0 Å². The van der Waals surface area contributed by atoms with Crippen LogP contribution in [0, 0.1) is 17.2 Å². The van der Waals surface area contributed by atoms with Gasteiger partial charge in [0.2, 0.25) is 0 Å². The molecule has 2 aliphatic carbocycles. The van der Waals surface area contributed by atoms with Crippen molar-refractivity contribution in [1.82, 2.24) is 9.88 Å². The molecule has 1 spiro atoms. The molecule has 178 valence electrons. The van der Waals surface area contributed by atoms with Crippen LogP contribution in [0.5, 0.6) is 0 Å². The van der Waals surface area contributed by atoms with E-state index in [1.165, 1.54) is 6.07 Å². The number of carboxylic acids is 1. The normalized spacial score (nSPS) is 23.3. The highest BCUT2D eigenvalue weighted by Crippen LogP contribution is 2.58. The van der Waals surface area contributed by atoms with E-state index in [1.54, 1.807) is 12.1 Å². The molecule has 1 aromatic heterocycles. The third-order valence-corrected chi connectivity index (χ3v) is 8.23. The number of aromatic nitrogens is 1. The van der Waals surface area contributed by atoms with Crippen molar-refractivity contribution in [2.24, 2.45) is 11.3 Å². The summed E-state index contributed by atoms with van der Waals surface area (Å²) in [6, 6.07) is 17.0. The fourth-order valence-electron chi connectivity index (χ4n) is 6.01. The summed E-state index contributed by atoms with van der Waals surface area (Å²) in [6.45, 7) is 0.513. The molecular weight excluding hydrogens is 511 g/mol. The topological polar surface area (TPSA) is 71.3 Å². The average Bonchev–Trinajstić information content (AvgIpc) is 3.18. The smallest absolute Gasteiger partial charge is 0.306 e. The van der Waals surface area contributed by atoms with Crippen molar-refractivity contribution in [3.8, 4) is 0 Å². The maximum Gasteiger partial charge on any atom is 0.306 e. The van der Waals surface area contributed by atoms with Gasteiger partial charge >= 0.3 is 5.97 Å². The molecule has 4 aromatic rings. The van der Waals surface area contributed by atoms with E-state index in [0.29, 0.717) is 35.9 Å². The van der Waals surface area contributed by atoms with Crippen molar-refractivity contribution in [2.45, 2.75) is 38.3 Å². The summed E-state index contributed by atoms with van der Waals surface area (Å²) in [5, 5.41) is 14.9. The molecule has 0 bridgehead atoms. The van der Waals surface area contributed by atoms with E-state index in [2.05, 4.69) is 51.6 Å². The van der Waals surface area contributed by atoms with Crippen LogP contribution in [0.4, 0.5) is 4.39 Å². The number of rotatable bonds is 5. The molecule has 3 aromatic carbocycles. The molecule has 0 unspecified atom stereocenters. The quantitative estimate of drug-likeness (QED) is 0.324. The van der Waals surface area contributed by atoms with Gasteiger partial charge in [0.05, 0.1) is 17.0 Å². The first-order valence-electron chi connectivity index (χ1n) is 11.8. The summed E-state index contributed by atoms with van der Waals surface area (Å²) in [5.74, 6) is -1.54. The van der Waals surface area contributed by atoms with Gasteiger partial charge in [-0.15, -0.1) is 0 Å². The summed E-state index contributed by atoms with van der Waals surface area (Å²) < 4.78 is 17.6. The maximum atomic E-state index is 14.6. The molecule has 0 aliphatic heterocycles. The number of nitrogens with zero attached hydrogens (tertiary/aromatic N) is 1. The van der Waals surface area contributed by atoms with Gasteiger partial charge < -0.3 is 15.0 Å². The third-order valence-electron chi connectivity index (χ3n) is 7.74. The second-order valence-corrected chi connectivity index (χ2v) is 11.1. The molecule has 5 nitrogen and oxygen atoms in total. The molecule has 35 heavy (non-hydrogen) atoms. The number of nitrogens with one attached hydrogen (secondary N) is 1. The number of aliphatic carboxylic acids is 1. The zero-order chi connectivity index (χ0) is 24.3. The Bertz CT molecular complexity index is 1500. The Kier molecular flexibility index (Phi) is 5.22. The zero-order valence-corrected chi connectivity index (χ0v) is 20.5. The summed E-state index contributed by atoms with van der Waals surface area (Å²) in [4.78, 5) is 24.3. The van der Waals surface area contributed by atoms with Gasteiger partial charge in [-0.3, -0.25) is 9.59 Å². The molecule has 0 radical (unpaired) electrons. The van der Waals surface area contributed by atoms with Gasteiger partial charge in [0.25, 0.3) is 5.91 Å². The number of hydrogen-bond acceptors (Lipinski definition) is 2. The number of carbonyl (C=O) groups is 2. The summed E-state index contributed by atoms with van der Waals surface area (Å²) in [7, 11) is 0. The number of halogens is 2. The van der Waals surface area contributed by atoms with Crippen molar-refractivity contribution in [2.75, 3.05) is 0 Å². The molecule has 2 aliphatic rings. The van der Waals surface area contributed by atoms with E-state index in [4.69, 9.17) is 5.11 Å². The van der Waals surface area contributed by atoms with Gasteiger partial charge in [0.1, 0.15) is 5.82 Å². The average molecular weight is 535 g/mol. The minimum Gasteiger partial charge on any atom is -0.481 e. The van der Waals surface area contributed by atoms with E-state index < -0.39 is 5.97 Å². The lowest BCUT2D eigenvalue weighted by atomic mass is 9.50. The van der Waals surface area contributed by atoms with Crippen molar-refractivity contribution in [3.05, 3.63) is 82.2 Å². The van der Waals surface area contributed by atoms with Crippen molar-refractivity contribution < 1.29 is 19.1 Å². The van der Waals surface area contributed by atoms with Crippen LogP contribution in [-0.2, 0) is 11.3 Å². The number of carboxylic acid groups (broad SMARTS) is 1. The fourth-order valence-corrected chi connectivity index (χ4v) is 6.39. The fraction of sp³-hybridized carbons (Fsp3) is 0.286. The van der Waals surface area contributed by atoms with Gasteiger partial charge in [0.15, 0.2) is 0 Å². The number of benzene rings is 3. The van der Waals surface area contributed by atoms with Crippen LogP contribution < -0.4 is 5.32 Å². The molecule has 1 heterocycles. The third kappa shape index (κ3) is 3.92. The molecule has 6 rings (SSSR count). The maximum absolute atomic E-state index is 14.6. The molecule has 2 fully saturated rings. The SMILES string of the molecule is O=C(NC1CC2(C1)CC(C(=O)O)C2)c1ccc(F)c2ccn(Cc3ccc4ccc(Br)cc4c3)c12. The molecule has 0 atom stereocenters. The van der Waals surface area contributed by atoms with E-state index in [1.807, 2.05) is 16.8 Å². The summed E-state index contributed by atoms with van der Waals surface area (Å²) >= 11 is 3.52. The van der Waals surface area contributed by atoms with Crippen LogP contribution in [0.1, 0.15) is 41.6 Å². The highest BCUT2D eigenvalue weighted by Gasteiger charge is 2.55. The Morgan fingerprint density at radius 2 is 1.80 bits per heavy atom. The molecule has 2 N–H and O–H groups in total. The first-order valence-corrected chi connectivity index (χ1v) is 12.6. The van der Waals surface area contributed by atoms with Gasteiger partial charge in [-0.05, 0) is 83.8 Å². The lowest BCUT2D eigenvalue weighted by Gasteiger charge is -2.56. The monoisotopic (exact) mass is 534 g/mol. The predicted molar refractivity (Wildman–Crippen MR) is 136 cm³/mol. The van der Waals surface area contributed by atoms with Crippen LogP contribution >= 0.6 is 15.9 Å². The van der Waals surface area contributed by atoms with E-state index in [9.17, 15) is 14.0 Å². The summed E-state index contributed by atoms with van der Waals surface area (Å²) in [6.07, 6.45) is 4.83. The highest BCUT2D eigenvalue weighted by atomic mass is 79.9. The molecule has 2 saturated carbocycles. The largest absolute Gasteiger partial charge is 0.481 e. The minimum atomic E-state index is -0.725. The van der Waals surface area contributed by atoms with Crippen LogP contribution in [0.25, 0.3) is 21.7 Å². The standard InChI is InChI=1S/C28H24BrFN2O3/c29-20-4-3-17-2-1-16(9-18(17)10-20)15-32-8-7-22-24(30)6-5-23(25(22)32)26(33)31-21-13-28(14-21)11-19(12-28)27(34)35/h1-10,19,21H,11-15H2,(H,31,33)(H,34,35). The number of amides is 1. The van der Waals surface area contributed by atoms with E-state index >= 15 is 0 Å². The van der Waals surface area contributed by atoms with Crippen molar-refractivity contribution >= 4 is 49.5 Å². The summed E-state index contributed by atoms with van der Waals surface area (Å²) in [5.41, 5.74) is 2.17. The van der Waals surface area contributed by atoms with E-state index in [0.717, 1.165) is 33.7 Å². The highest BCUT2D eigenvalue weighted by molar-refractivity contribution is 9.10. The Morgan fingerprint density at radius 3 is 2.57 bits per heavy atom. The zero-order valence-electron chi connectivity index (χ0n) is 18.9. The molecule has 1 amide bonds. The Morgan fingerprint density at radius 1 is 1.03 bits per heavy atom. The first kappa shape index (κ1) is 22.3. The van der Waals surface area contributed by atoms with Gasteiger partial charge in [-0.2, -0.15) is 0 Å². The lowest BCUT2D eigenvalue weighted by Crippen LogP contribution is -2.57. The number of hydrogen-bond donors (Lipinski definition) is 2. The predicted octanol–water partition coefficient (Wildman–Crippen LogP) is 6.12. The van der Waals surface area contributed by atoms with Crippen molar-refractivity contribution in [3.63, 3.8) is 0 Å². The Labute approximate surface area is 210 Å². The molecular formula is C28H24BrFN2O3. The van der Waals surface area contributed by atoms with Crippen LogP contribution in [0.2, 0.25) is 0 Å². The van der Waals surface area contributed by atoms with Gasteiger partial charge in [0, 0.05) is 28.6 Å². The molecule has 7 heteroatoms. The van der Waals surface area contributed by atoms with Crippen LogP contribution in [-0.4, -0.2) is 27.6 Å². The van der Waals surface area contributed by atoms with Gasteiger partial charge in [-0.1, -0.05) is 34.1 Å². The second-order valence-electron chi connectivity index (χ2n) is 10.1. The molecule has 0 saturated heterocycles. The Balaban J connectivity index is 1.24. The number of fused-ring (bicyclic) bond motifs is 2. The van der Waals surface area contributed by atoms with Crippen LogP contribution in [0.15, 0.2) is 65.3 Å².